The van der Waals surface area contributed by atoms with Crippen molar-refractivity contribution in [3.8, 4) is 0 Å². The number of hydrogen-bond donors (Lipinski definition) is 1. The molecule has 0 bridgehead atoms. The molecule has 2 aliphatic carbocycles. The molecule has 90 valence electrons. The summed E-state index contributed by atoms with van der Waals surface area (Å²) >= 11 is 0. The summed E-state index contributed by atoms with van der Waals surface area (Å²) in [5, 5.41) is 3.05. The molecule has 1 amide bonds. The number of benzene rings is 1. The van der Waals surface area contributed by atoms with E-state index in [0.717, 1.165) is 18.4 Å². The van der Waals surface area contributed by atoms with E-state index in [4.69, 9.17) is 0 Å². The van der Waals surface area contributed by atoms with Crippen LogP contribution in [0.25, 0.3) is 0 Å². The van der Waals surface area contributed by atoms with Gasteiger partial charge in [0.2, 0.25) is 5.91 Å². The summed E-state index contributed by atoms with van der Waals surface area (Å²) in [5.41, 5.74) is 0.999. The third kappa shape index (κ3) is 2.19. The quantitative estimate of drug-likeness (QED) is 0.853. The lowest BCUT2D eigenvalue weighted by atomic mass is 10.1. The first-order valence-electron chi connectivity index (χ1n) is 6.21. The van der Waals surface area contributed by atoms with Gasteiger partial charge in [0.1, 0.15) is 5.82 Å². The van der Waals surface area contributed by atoms with Gasteiger partial charge in [-0.05, 0) is 36.5 Å². The molecule has 17 heavy (non-hydrogen) atoms. The van der Waals surface area contributed by atoms with E-state index in [1.54, 1.807) is 12.1 Å². The first-order chi connectivity index (χ1) is 8.15. The van der Waals surface area contributed by atoms with Crippen molar-refractivity contribution in [2.75, 3.05) is 0 Å². The number of rotatable bonds is 3. The largest absolute Gasteiger partial charge is 0.352 e. The zero-order chi connectivity index (χ0) is 12.0. The molecule has 3 heteroatoms. The van der Waals surface area contributed by atoms with Gasteiger partial charge in [0, 0.05) is 17.9 Å². The van der Waals surface area contributed by atoms with Crippen molar-refractivity contribution in [1.82, 2.24) is 5.32 Å². The fraction of sp³-hybridized carbons (Fsp3) is 0.500. The lowest BCUT2D eigenvalue weighted by Crippen LogP contribution is -2.28. The lowest BCUT2D eigenvalue weighted by Gasteiger charge is -2.04. The van der Waals surface area contributed by atoms with E-state index < -0.39 is 0 Å². The van der Waals surface area contributed by atoms with Crippen LogP contribution in [0.15, 0.2) is 24.3 Å². The maximum atomic E-state index is 13.0. The molecule has 3 rings (SSSR count). The first kappa shape index (κ1) is 10.8. The Kier molecular flexibility index (Phi) is 2.42. The highest BCUT2D eigenvalue weighted by atomic mass is 19.1. The summed E-state index contributed by atoms with van der Waals surface area (Å²) in [6, 6.07) is 6.89. The fourth-order valence-electron chi connectivity index (χ4n) is 2.44. The molecular weight excluding hydrogens is 217 g/mol. The summed E-state index contributed by atoms with van der Waals surface area (Å²) in [7, 11) is 0. The van der Waals surface area contributed by atoms with E-state index in [0.29, 0.717) is 11.8 Å². The number of carbonyl (C=O) groups excluding carboxylic acids is 1. The van der Waals surface area contributed by atoms with E-state index in [9.17, 15) is 9.18 Å². The van der Waals surface area contributed by atoms with Gasteiger partial charge in [-0.2, -0.15) is 0 Å². The smallest absolute Gasteiger partial charge is 0.223 e. The van der Waals surface area contributed by atoms with Crippen molar-refractivity contribution in [1.29, 1.82) is 0 Å². The summed E-state index contributed by atoms with van der Waals surface area (Å²) in [6.07, 6.45) is 1.96. The summed E-state index contributed by atoms with van der Waals surface area (Å²) in [5.74, 6) is 1.06. The second-order valence-electron chi connectivity index (χ2n) is 5.33. The molecule has 2 aliphatic rings. The molecule has 2 nitrogen and oxygen atoms in total. The van der Waals surface area contributed by atoms with Crippen LogP contribution in [-0.2, 0) is 4.79 Å². The molecule has 0 spiro atoms. The van der Waals surface area contributed by atoms with Crippen molar-refractivity contribution in [3.05, 3.63) is 35.6 Å². The monoisotopic (exact) mass is 233 g/mol. The molecule has 0 radical (unpaired) electrons. The van der Waals surface area contributed by atoms with Crippen LogP contribution in [0.1, 0.15) is 31.2 Å². The number of amides is 1. The average molecular weight is 233 g/mol. The highest BCUT2D eigenvalue weighted by Gasteiger charge is 2.44. The molecule has 2 fully saturated rings. The highest BCUT2D eigenvalue weighted by molar-refractivity contribution is 5.82. The first-order valence-corrected chi connectivity index (χ1v) is 6.21. The van der Waals surface area contributed by atoms with Gasteiger partial charge in [0.25, 0.3) is 0 Å². The molecule has 1 N–H and O–H groups in total. The zero-order valence-electron chi connectivity index (χ0n) is 9.82. The normalized spacial score (nSPS) is 34.2. The molecule has 0 saturated heterocycles. The van der Waals surface area contributed by atoms with Crippen LogP contribution in [0.2, 0.25) is 0 Å². The molecular formula is C14H16FNO. The summed E-state index contributed by atoms with van der Waals surface area (Å²) < 4.78 is 13.0. The Morgan fingerprint density at radius 3 is 2.82 bits per heavy atom. The number of halogens is 1. The maximum Gasteiger partial charge on any atom is 0.223 e. The summed E-state index contributed by atoms with van der Waals surface area (Å²) in [6.45, 7) is 2.10. The topological polar surface area (TPSA) is 29.1 Å². The van der Waals surface area contributed by atoms with Gasteiger partial charge in [0.05, 0.1) is 0 Å². The van der Waals surface area contributed by atoms with Crippen LogP contribution in [0.5, 0.6) is 0 Å². The number of hydrogen-bond acceptors (Lipinski definition) is 1. The van der Waals surface area contributed by atoms with E-state index in [1.165, 1.54) is 6.07 Å². The number of carbonyl (C=O) groups is 1. The van der Waals surface area contributed by atoms with Crippen LogP contribution < -0.4 is 5.32 Å². The van der Waals surface area contributed by atoms with Crippen LogP contribution in [0.3, 0.4) is 0 Å². The molecule has 0 aliphatic heterocycles. The fourth-order valence-corrected chi connectivity index (χ4v) is 2.44. The highest BCUT2D eigenvalue weighted by Crippen LogP contribution is 2.43. The minimum absolute atomic E-state index is 0.182. The summed E-state index contributed by atoms with van der Waals surface area (Å²) in [4.78, 5) is 11.7. The van der Waals surface area contributed by atoms with Crippen molar-refractivity contribution in [3.63, 3.8) is 0 Å². The van der Waals surface area contributed by atoms with Crippen molar-refractivity contribution < 1.29 is 9.18 Å². The second-order valence-corrected chi connectivity index (χ2v) is 5.33. The Bertz CT molecular complexity index is 459. The van der Waals surface area contributed by atoms with Crippen molar-refractivity contribution >= 4 is 5.91 Å². The molecule has 2 saturated carbocycles. The van der Waals surface area contributed by atoms with Gasteiger partial charge < -0.3 is 5.32 Å². The Hall–Kier alpha value is -1.38. The van der Waals surface area contributed by atoms with E-state index in [2.05, 4.69) is 12.2 Å². The Morgan fingerprint density at radius 2 is 2.18 bits per heavy atom. The average Bonchev–Trinajstić information content (AvgIpc) is 3.16. The van der Waals surface area contributed by atoms with Crippen molar-refractivity contribution in [2.24, 2.45) is 11.8 Å². The lowest BCUT2D eigenvalue weighted by molar-refractivity contribution is -0.122. The van der Waals surface area contributed by atoms with Crippen LogP contribution in [-0.4, -0.2) is 11.9 Å². The van der Waals surface area contributed by atoms with Gasteiger partial charge >= 0.3 is 0 Å². The zero-order valence-corrected chi connectivity index (χ0v) is 9.82. The van der Waals surface area contributed by atoms with Crippen molar-refractivity contribution in [2.45, 2.75) is 31.7 Å². The minimum Gasteiger partial charge on any atom is -0.352 e. The van der Waals surface area contributed by atoms with E-state index in [-0.39, 0.29) is 23.7 Å². The molecule has 1 aromatic carbocycles. The number of nitrogens with one attached hydrogen (secondary N) is 1. The Balaban J connectivity index is 1.58. The van der Waals surface area contributed by atoms with Gasteiger partial charge in [-0.15, -0.1) is 0 Å². The SMILES string of the molecule is C[C@@H]1C[C@@H]1C(=O)N[C@@H]1C[C@H]1c1cccc(F)c1. The van der Waals surface area contributed by atoms with Gasteiger partial charge in [-0.3, -0.25) is 4.79 Å². The second kappa shape index (κ2) is 3.83. The van der Waals surface area contributed by atoms with Crippen LogP contribution >= 0.6 is 0 Å². The maximum absolute atomic E-state index is 13.0. The van der Waals surface area contributed by atoms with Crippen LogP contribution in [0.4, 0.5) is 4.39 Å². The minimum atomic E-state index is -0.199. The molecule has 0 heterocycles. The van der Waals surface area contributed by atoms with E-state index in [1.807, 2.05) is 6.07 Å². The standard InChI is InChI=1S/C14H16FNO/c1-8-5-11(8)14(17)16-13-7-12(13)9-3-2-4-10(15)6-9/h2-4,6,8,11-13H,5,7H2,1H3,(H,16,17)/t8-,11+,12+,13-/m1/s1. The molecule has 1 aromatic rings. The Morgan fingerprint density at radius 1 is 1.41 bits per heavy atom. The molecule has 0 aromatic heterocycles. The third-order valence-corrected chi connectivity index (χ3v) is 3.84. The van der Waals surface area contributed by atoms with Gasteiger partial charge in [-0.1, -0.05) is 19.1 Å². The predicted molar refractivity (Wildman–Crippen MR) is 63.0 cm³/mol. The van der Waals surface area contributed by atoms with Gasteiger partial charge in [-0.25, -0.2) is 4.39 Å². The Labute approximate surface area is 100 Å². The third-order valence-electron chi connectivity index (χ3n) is 3.84. The van der Waals surface area contributed by atoms with E-state index >= 15 is 0 Å². The molecule has 0 unspecified atom stereocenters. The molecule has 4 atom stereocenters. The van der Waals surface area contributed by atoms with Crippen LogP contribution in [0, 0.1) is 17.7 Å². The predicted octanol–water partition coefficient (Wildman–Crippen LogP) is 2.45. The van der Waals surface area contributed by atoms with Gasteiger partial charge in [0.15, 0.2) is 0 Å².